The zero-order chi connectivity index (χ0) is 70.1. The Morgan fingerprint density at radius 1 is 0.520 bits per heavy atom. The van der Waals surface area contributed by atoms with Gasteiger partial charge in [-0.2, -0.15) is 0 Å². The minimum Gasteiger partial charge on any atom is -0.467 e. The number of carbonyl (C=O) groups is 5. The van der Waals surface area contributed by atoms with Gasteiger partial charge in [-0.25, -0.2) is 44.9 Å². The number of halogens is 8. The van der Waals surface area contributed by atoms with E-state index in [2.05, 4.69) is 45.4 Å². The molecule has 0 aliphatic carbocycles. The van der Waals surface area contributed by atoms with Gasteiger partial charge < -0.3 is 74.6 Å². The van der Waals surface area contributed by atoms with Gasteiger partial charge in [0.05, 0.1) is 95.3 Å². The van der Waals surface area contributed by atoms with Crippen molar-refractivity contribution < 1.29 is 198 Å². The molecule has 4 aromatic rings. The molecule has 12 atom stereocenters. The second-order valence-electron chi connectivity index (χ2n) is 24.5. The van der Waals surface area contributed by atoms with Gasteiger partial charge in [0.1, 0.15) is 86.2 Å². The number of carbonyl (C=O) groups excluding carboxylic acids is 5. The molecule has 102 heavy (non-hydrogen) atoms. The van der Waals surface area contributed by atoms with Crippen LogP contribution in [-0.2, 0) is 180 Å². The fraction of sp³-hybridized carbons (Fsp3) is 0.463. The van der Waals surface area contributed by atoms with Gasteiger partial charge in [0.2, 0.25) is 23.6 Å². The molecular formula is C67H79F8N9O13V2W3. The molecule has 6 N–H and O–H groups in total. The molecule has 8 heterocycles. The van der Waals surface area contributed by atoms with Gasteiger partial charge in [0.25, 0.3) is 0 Å². The molecule has 7 saturated heterocycles. The Morgan fingerprint density at radius 3 is 1.19 bits per heavy atom. The number of rotatable bonds is 10. The van der Waals surface area contributed by atoms with E-state index >= 15 is 0 Å². The number of hydrogen-bond acceptors (Lipinski definition) is 18. The monoisotopic (exact) mass is 2020 g/mol. The molecule has 0 unspecified atom stereocenters. The van der Waals surface area contributed by atoms with Crippen molar-refractivity contribution in [1.29, 1.82) is 0 Å². The molecule has 0 spiro atoms. The summed E-state index contributed by atoms with van der Waals surface area (Å²) in [7, 11) is 10.6. The average molecular weight is 2020 g/mol. The summed E-state index contributed by atoms with van der Waals surface area (Å²) in [5, 5.41) is 18.6. The van der Waals surface area contributed by atoms with E-state index in [1.807, 2.05) is 0 Å². The molecule has 8 aliphatic heterocycles. The van der Waals surface area contributed by atoms with Crippen LogP contribution in [0, 0.1) is 70.2 Å². The summed E-state index contributed by atoms with van der Waals surface area (Å²) in [5.41, 5.74) is 1.56. The van der Waals surface area contributed by atoms with Crippen molar-refractivity contribution in [1.82, 2.24) is 35.6 Å². The second-order valence-corrected chi connectivity index (χ2v) is 24.5. The number of guanidine groups is 1. The Hall–Kier alpha value is -5.29. The van der Waals surface area contributed by atoms with Crippen molar-refractivity contribution in [2.75, 3.05) is 95.8 Å². The number of nitrogens with zero attached hydrogens (tertiary/aromatic N) is 5. The fourth-order valence-corrected chi connectivity index (χ4v) is 13.7. The van der Waals surface area contributed by atoms with Gasteiger partial charge in [0, 0.05) is 189 Å². The third-order valence-electron chi connectivity index (χ3n) is 18.9. The minimum atomic E-state index is -1.30. The number of nitrogens with one attached hydrogen (secondary N) is 3. The molecule has 4 aromatic carbocycles. The quantitative estimate of drug-likeness (QED) is 0.0939. The van der Waals surface area contributed by atoms with Crippen molar-refractivity contribution in [2.24, 2.45) is 34.4 Å². The smallest absolute Gasteiger partial charge is 0.334 e. The molecule has 12 rings (SSSR count). The van der Waals surface area contributed by atoms with Gasteiger partial charge in [-0.1, -0.05) is 51.4 Å². The summed E-state index contributed by atoms with van der Waals surface area (Å²) in [6, 6.07) is 13.0. The Labute approximate surface area is 652 Å². The van der Waals surface area contributed by atoms with Crippen LogP contribution in [0.5, 0.6) is 0 Å². The number of esters is 1. The first-order valence-electron chi connectivity index (χ1n) is 30.3. The maximum atomic E-state index is 14.5. The number of aliphatic hydroxyl groups is 1. The summed E-state index contributed by atoms with van der Waals surface area (Å²) in [5.74, 6) is -9.21. The van der Waals surface area contributed by atoms with Crippen LogP contribution < -0.4 is 21.7 Å². The Bertz CT molecular complexity index is 3780. The third-order valence-corrected chi connectivity index (χ3v) is 18.9. The number of fused-ring (bicyclic) bond motifs is 4. The van der Waals surface area contributed by atoms with E-state index in [1.165, 1.54) is 78.2 Å². The summed E-state index contributed by atoms with van der Waals surface area (Å²) in [6.45, 7) is 11.7. The summed E-state index contributed by atoms with van der Waals surface area (Å²) in [4.78, 5) is 72.6. The van der Waals surface area contributed by atoms with Crippen molar-refractivity contribution in [3.63, 3.8) is 0 Å². The number of ether oxygens (including phenoxy) is 7. The van der Waals surface area contributed by atoms with E-state index in [9.17, 15) is 64.2 Å². The van der Waals surface area contributed by atoms with Crippen molar-refractivity contribution in [3.8, 4) is 0 Å². The topological polar surface area (TPSA) is 258 Å². The molecule has 22 nitrogen and oxygen atoms in total. The Balaban J connectivity index is 0.000000347. The number of aliphatic hydroxyl groups excluding tert-OH is 1. The molecule has 0 bridgehead atoms. The van der Waals surface area contributed by atoms with E-state index < -0.39 is 111 Å². The van der Waals surface area contributed by atoms with E-state index in [0.29, 0.717) is 37.7 Å². The zero-order valence-electron chi connectivity index (χ0n) is 55.7. The van der Waals surface area contributed by atoms with Crippen LogP contribution in [0.2, 0.25) is 0 Å². The molecule has 7 fully saturated rings. The predicted molar refractivity (Wildman–Crippen MR) is 333 cm³/mol. The van der Waals surface area contributed by atoms with Crippen LogP contribution in [0.25, 0.3) is 0 Å². The van der Waals surface area contributed by atoms with Gasteiger partial charge in [-0.15, -0.1) is 0 Å². The SMILES string of the molecule is C.C=C1N[C@@]2(c3ccc(F)cc3F)CO[C@H](C(=O)OC)C[C@H]2C(=O)N1C.C=C1N[C@@]2(c3ccc(F)cc3F)CO[C@H](CO)C[C@H]2C(=O)N1C.C=C1N[C@@]2(c3ccc(F)cc3F)CO[C@H](COC)C[C@H]2C(=O)N1C.COC[C@@H]1C[C@H]2C(=O)N(C)C(N)=N[C@@]2(c2ccc(F)cc2F)CO1.[V].[V].[W].[W].[W]. The van der Waals surface area contributed by atoms with Gasteiger partial charge in [-0.05, 0) is 49.9 Å². The summed E-state index contributed by atoms with van der Waals surface area (Å²) >= 11 is 0. The van der Waals surface area contributed by atoms with Crippen LogP contribution in [-0.4, -0.2) is 180 Å². The number of nitrogens with two attached hydrogens (primary N) is 1. The van der Waals surface area contributed by atoms with E-state index in [-0.39, 0.29) is 223 Å². The Kier molecular flexibility index (Phi) is 33.3. The average Bonchev–Trinajstić information content (AvgIpc) is 0.755. The normalized spacial score (nSPS) is 28.2. The Morgan fingerprint density at radius 2 is 0.833 bits per heavy atom. The molecule has 0 aromatic heterocycles. The van der Waals surface area contributed by atoms with Crippen molar-refractivity contribution in [3.05, 3.63) is 179 Å². The van der Waals surface area contributed by atoms with Crippen LogP contribution in [0.4, 0.5) is 35.1 Å². The predicted octanol–water partition coefficient (Wildman–Crippen LogP) is 5.73. The zero-order valence-corrected chi connectivity index (χ0v) is 67.3. The molecule has 35 heteroatoms. The van der Waals surface area contributed by atoms with Crippen LogP contribution in [0.15, 0.2) is 115 Å². The summed E-state index contributed by atoms with van der Waals surface area (Å²) in [6.07, 6.45) is -1.08. The first-order chi connectivity index (χ1) is 45.5. The molecule has 8 aliphatic rings. The molecule has 554 valence electrons. The molecule has 4 amide bonds. The molecule has 0 saturated carbocycles. The van der Waals surface area contributed by atoms with E-state index in [4.69, 9.17) is 34.2 Å². The van der Waals surface area contributed by atoms with Gasteiger partial charge in [0.15, 0.2) is 12.1 Å². The second kappa shape index (κ2) is 37.3. The first kappa shape index (κ1) is 90.9. The standard InChI is InChI=1S/C17H18F2N2O4.C17H20F2N2O3.C16H19F2N3O3.C16H18F2N2O3.CH4.2V.3W/c1-9-20-17(11-5-4-10(18)6-13(11)19)8-25-14(16(23)24-3)7-12(17)15(22)21(9)2;1-10-20-17(13-5-4-11(18)6-15(13)19)9-24-12(8-23-3)7-14(17)16(22)21(10)2;1-21-14(22)12-6-10(7-23-2)24-8-16(12,20-15(21)19)11-4-3-9(17)5-13(11)18;1-9-19-16(12-4-3-10(17)5-14(12)18)8-23-11(7-21)6-13(16)15(22)20(9)2;;;;;;/h4-6,12,14,20H,1,7-8H2,2-3H3;4-6,12,14,20H,1,7-9H2,2-3H3;3-5,10,12H,6-8H2,1-2H3,(H2,19,20);3-5,11,13,19,21H,1,6-8H2,2H3;1H4;;;;;/t2*12-,14-,17+;10-,12-,16+;11-,13-,16+;;;;;;/m0000....../s1. The van der Waals surface area contributed by atoms with Crippen LogP contribution in [0.1, 0.15) is 55.4 Å². The van der Waals surface area contributed by atoms with Crippen molar-refractivity contribution in [2.45, 2.75) is 79.7 Å². The summed E-state index contributed by atoms with van der Waals surface area (Å²) < 4.78 is 149. The maximum Gasteiger partial charge on any atom is 0.334 e. The van der Waals surface area contributed by atoms with Gasteiger partial charge >= 0.3 is 5.97 Å². The largest absolute Gasteiger partial charge is 0.467 e. The molecule has 2 radical (unpaired) electrons. The van der Waals surface area contributed by atoms with Crippen LogP contribution in [0.3, 0.4) is 0 Å². The maximum absolute atomic E-state index is 14.5. The van der Waals surface area contributed by atoms with Crippen LogP contribution >= 0.6 is 0 Å². The first-order valence-corrected chi connectivity index (χ1v) is 30.3. The number of methoxy groups -OCH3 is 3. The molecular weight excluding hydrogens is 1940 g/mol. The van der Waals surface area contributed by atoms with E-state index in [1.54, 1.807) is 21.2 Å². The number of hydrogen-bond donors (Lipinski definition) is 5. The van der Waals surface area contributed by atoms with E-state index in [0.717, 1.165) is 42.5 Å². The number of amides is 4. The minimum absolute atomic E-state index is 0. The third kappa shape index (κ3) is 17.7. The number of aliphatic imine (C=N–C) groups is 1. The van der Waals surface area contributed by atoms with Gasteiger partial charge in [-0.3, -0.25) is 24.1 Å². The fourth-order valence-electron chi connectivity index (χ4n) is 13.7. The number of benzene rings is 4. The van der Waals surface area contributed by atoms with Crippen molar-refractivity contribution >= 4 is 35.6 Å².